The molecule has 1 N–H and O–H groups in total. The highest BCUT2D eigenvalue weighted by Gasteiger charge is 2.01. The molecule has 0 bridgehead atoms. The number of nitrogens with zero attached hydrogens (tertiary/aromatic N) is 1. The molecular weight excluding hydrogens is 186 g/mol. The Morgan fingerprint density at radius 1 is 1.33 bits per heavy atom. The van der Waals surface area contributed by atoms with E-state index >= 15 is 0 Å². The topological polar surface area (TPSA) is 25.2 Å². The normalized spacial score (nSPS) is 13.3. The third-order valence-corrected chi connectivity index (χ3v) is 2.80. The zero-order chi connectivity index (χ0) is 10.8. The van der Waals surface area contributed by atoms with Crippen LogP contribution < -0.4 is 0 Å². The van der Waals surface area contributed by atoms with Gasteiger partial charge in [0, 0.05) is 18.8 Å². The quantitative estimate of drug-likeness (QED) is 0.814. The first-order valence-electron chi connectivity index (χ1n) is 5.39. The zero-order valence-corrected chi connectivity index (χ0v) is 9.27. The first-order valence-corrected chi connectivity index (χ1v) is 5.39. The van der Waals surface area contributed by atoms with Crippen molar-refractivity contribution in [2.75, 3.05) is 0 Å². The van der Waals surface area contributed by atoms with Crippen LogP contribution >= 0.6 is 0 Å². The Morgan fingerprint density at radius 2 is 2.13 bits per heavy atom. The first kappa shape index (κ1) is 10.2. The van der Waals surface area contributed by atoms with E-state index in [1.165, 1.54) is 16.5 Å². The maximum Gasteiger partial charge on any atom is 0.0515 e. The van der Waals surface area contributed by atoms with E-state index in [1.54, 1.807) is 0 Å². The number of hydrogen-bond acceptors (Lipinski definition) is 1. The van der Waals surface area contributed by atoms with Crippen molar-refractivity contribution in [3.63, 3.8) is 0 Å². The standard InChI is InChI=1S/C13H17NO/c1-10(15)3-4-11-5-6-12-7-8-14(2)13(12)9-11/h5-10,15H,3-4H2,1-2H3/t10-/m1/s1. The number of aliphatic hydroxyl groups excluding tert-OH is 1. The van der Waals surface area contributed by atoms with Gasteiger partial charge in [0.25, 0.3) is 0 Å². The molecule has 1 aromatic heterocycles. The van der Waals surface area contributed by atoms with E-state index in [2.05, 4.69) is 42.1 Å². The van der Waals surface area contributed by atoms with Gasteiger partial charge < -0.3 is 9.67 Å². The molecule has 0 fully saturated rings. The Kier molecular flexibility index (Phi) is 2.78. The van der Waals surface area contributed by atoms with Crippen LogP contribution in [0.2, 0.25) is 0 Å². The van der Waals surface area contributed by atoms with Gasteiger partial charge in [-0.25, -0.2) is 0 Å². The average Bonchev–Trinajstić information content (AvgIpc) is 2.57. The van der Waals surface area contributed by atoms with Crippen LogP contribution in [0.15, 0.2) is 30.5 Å². The summed E-state index contributed by atoms with van der Waals surface area (Å²) in [4.78, 5) is 0. The van der Waals surface area contributed by atoms with E-state index in [0.717, 1.165) is 12.8 Å². The molecular formula is C13H17NO. The summed E-state index contributed by atoms with van der Waals surface area (Å²) in [5.41, 5.74) is 2.56. The second-order valence-corrected chi connectivity index (χ2v) is 4.21. The minimum Gasteiger partial charge on any atom is -0.393 e. The van der Waals surface area contributed by atoms with Crippen LogP contribution in [0.25, 0.3) is 10.9 Å². The van der Waals surface area contributed by atoms with E-state index in [9.17, 15) is 5.11 Å². The average molecular weight is 203 g/mol. The van der Waals surface area contributed by atoms with Crippen molar-refractivity contribution in [1.82, 2.24) is 4.57 Å². The lowest BCUT2D eigenvalue weighted by Crippen LogP contribution is -2.01. The molecule has 0 aliphatic rings. The van der Waals surface area contributed by atoms with Crippen LogP contribution in [0.4, 0.5) is 0 Å². The van der Waals surface area contributed by atoms with Crippen LogP contribution in [0.1, 0.15) is 18.9 Å². The first-order chi connectivity index (χ1) is 7.16. The van der Waals surface area contributed by atoms with Crippen molar-refractivity contribution in [3.05, 3.63) is 36.0 Å². The number of hydrogen-bond donors (Lipinski definition) is 1. The van der Waals surface area contributed by atoms with Gasteiger partial charge in [0.15, 0.2) is 0 Å². The third kappa shape index (κ3) is 2.21. The van der Waals surface area contributed by atoms with Crippen molar-refractivity contribution in [2.24, 2.45) is 7.05 Å². The van der Waals surface area contributed by atoms with E-state index < -0.39 is 0 Å². The highest BCUT2D eigenvalue weighted by atomic mass is 16.3. The Bertz CT molecular complexity index is 457. The van der Waals surface area contributed by atoms with Crippen LogP contribution in [0.5, 0.6) is 0 Å². The molecule has 0 spiro atoms. The molecule has 2 nitrogen and oxygen atoms in total. The summed E-state index contributed by atoms with van der Waals surface area (Å²) < 4.78 is 2.13. The number of fused-ring (bicyclic) bond motifs is 1. The molecule has 15 heavy (non-hydrogen) atoms. The largest absolute Gasteiger partial charge is 0.393 e. The molecule has 0 unspecified atom stereocenters. The van der Waals surface area contributed by atoms with Crippen molar-refractivity contribution in [2.45, 2.75) is 25.9 Å². The molecule has 0 saturated carbocycles. The lowest BCUT2D eigenvalue weighted by atomic mass is 10.1. The Morgan fingerprint density at radius 3 is 2.87 bits per heavy atom. The summed E-state index contributed by atoms with van der Waals surface area (Å²) >= 11 is 0. The van der Waals surface area contributed by atoms with Crippen molar-refractivity contribution < 1.29 is 5.11 Å². The SMILES string of the molecule is C[C@@H](O)CCc1ccc2ccn(C)c2c1. The molecule has 0 radical (unpaired) electrons. The minimum atomic E-state index is -0.214. The fourth-order valence-corrected chi connectivity index (χ4v) is 1.84. The van der Waals surface area contributed by atoms with Crippen LogP contribution in [0, 0.1) is 0 Å². The number of aromatic nitrogens is 1. The number of aliphatic hydroxyl groups is 1. The van der Waals surface area contributed by atoms with E-state index in [-0.39, 0.29) is 6.10 Å². The lowest BCUT2D eigenvalue weighted by Gasteiger charge is -2.05. The zero-order valence-electron chi connectivity index (χ0n) is 9.27. The Hall–Kier alpha value is -1.28. The van der Waals surface area contributed by atoms with Crippen LogP contribution in [0.3, 0.4) is 0 Å². The maximum absolute atomic E-state index is 9.24. The molecule has 2 rings (SSSR count). The third-order valence-electron chi connectivity index (χ3n) is 2.80. The number of benzene rings is 1. The summed E-state index contributed by atoms with van der Waals surface area (Å²) in [6, 6.07) is 8.61. The van der Waals surface area contributed by atoms with Gasteiger partial charge in [-0.05, 0) is 42.8 Å². The number of aryl methyl sites for hydroxylation is 2. The van der Waals surface area contributed by atoms with E-state index in [4.69, 9.17) is 0 Å². The predicted molar refractivity (Wildman–Crippen MR) is 62.9 cm³/mol. The molecule has 1 heterocycles. The molecule has 2 heteroatoms. The second kappa shape index (κ2) is 4.07. The van der Waals surface area contributed by atoms with Crippen molar-refractivity contribution in [1.29, 1.82) is 0 Å². The van der Waals surface area contributed by atoms with Gasteiger partial charge in [-0.1, -0.05) is 12.1 Å². The van der Waals surface area contributed by atoms with E-state index in [1.807, 2.05) is 6.92 Å². The molecule has 0 saturated heterocycles. The second-order valence-electron chi connectivity index (χ2n) is 4.21. The highest BCUT2D eigenvalue weighted by molar-refractivity contribution is 5.80. The maximum atomic E-state index is 9.24. The van der Waals surface area contributed by atoms with Crippen LogP contribution in [-0.2, 0) is 13.5 Å². The van der Waals surface area contributed by atoms with Crippen LogP contribution in [-0.4, -0.2) is 15.8 Å². The molecule has 0 aliphatic carbocycles. The smallest absolute Gasteiger partial charge is 0.0515 e. The summed E-state index contributed by atoms with van der Waals surface area (Å²) in [5.74, 6) is 0. The monoisotopic (exact) mass is 203 g/mol. The van der Waals surface area contributed by atoms with Gasteiger partial charge in [-0.3, -0.25) is 0 Å². The highest BCUT2D eigenvalue weighted by Crippen LogP contribution is 2.17. The minimum absolute atomic E-state index is 0.214. The lowest BCUT2D eigenvalue weighted by molar-refractivity contribution is 0.185. The fraction of sp³-hybridized carbons (Fsp3) is 0.385. The van der Waals surface area contributed by atoms with Gasteiger partial charge in [0.1, 0.15) is 0 Å². The van der Waals surface area contributed by atoms with Gasteiger partial charge in [-0.15, -0.1) is 0 Å². The molecule has 0 aliphatic heterocycles. The summed E-state index contributed by atoms with van der Waals surface area (Å²) in [7, 11) is 2.06. The predicted octanol–water partition coefficient (Wildman–Crippen LogP) is 2.49. The molecule has 0 amide bonds. The Balaban J connectivity index is 2.25. The molecule has 80 valence electrons. The summed E-state index contributed by atoms with van der Waals surface area (Å²) in [6.07, 6.45) is 3.63. The Labute approximate surface area is 90.2 Å². The van der Waals surface area contributed by atoms with Gasteiger partial charge in [0.05, 0.1) is 6.10 Å². The molecule has 2 aromatic rings. The fourth-order valence-electron chi connectivity index (χ4n) is 1.84. The summed E-state index contributed by atoms with van der Waals surface area (Å²) in [5, 5.41) is 10.5. The number of rotatable bonds is 3. The summed E-state index contributed by atoms with van der Waals surface area (Å²) in [6.45, 7) is 1.83. The van der Waals surface area contributed by atoms with Gasteiger partial charge in [-0.2, -0.15) is 0 Å². The van der Waals surface area contributed by atoms with Crippen molar-refractivity contribution >= 4 is 10.9 Å². The van der Waals surface area contributed by atoms with Crippen molar-refractivity contribution in [3.8, 4) is 0 Å². The van der Waals surface area contributed by atoms with E-state index in [0.29, 0.717) is 0 Å². The van der Waals surface area contributed by atoms with Gasteiger partial charge in [0.2, 0.25) is 0 Å². The van der Waals surface area contributed by atoms with Gasteiger partial charge >= 0.3 is 0 Å². The molecule has 1 atom stereocenters. The molecule has 1 aromatic carbocycles.